The lowest BCUT2D eigenvalue weighted by Crippen LogP contribution is -2.32. The summed E-state index contributed by atoms with van der Waals surface area (Å²) < 4.78 is 5.07. The Morgan fingerprint density at radius 2 is 1.87 bits per heavy atom. The summed E-state index contributed by atoms with van der Waals surface area (Å²) in [6.45, 7) is 0.633. The number of carbonyl (C=O) groups excluding carboxylic acids is 2. The maximum absolute atomic E-state index is 12.4. The third kappa shape index (κ3) is 3.34. The van der Waals surface area contributed by atoms with Crippen molar-refractivity contribution in [2.24, 2.45) is 0 Å². The molecule has 0 saturated heterocycles. The number of benzene rings is 2. The number of hydrogen-bond donors (Lipinski definition) is 1. The van der Waals surface area contributed by atoms with Crippen molar-refractivity contribution in [1.82, 2.24) is 0 Å². The molecule has 1 aliphatic heterocycles. The van der Waals surface area contributed by atoms with Crippen LogP contribution in [0.3, 0.4) is 0 Å². The van der Waals surface area contributed by atoms with Crippen molar-refractivity contribution >= 4 is 23.2 Å². The first-order valence-electron chi connectivity index (χ1n) is 7.49. The minimum absolute atomic E-state index is 0.166. The molecule has 1 heterocycles. The summed E-state index contributed by atoms with van der Waals surface area (Å²) in [7, 11) is 1.58. The van der Waals surface area contributed by atoms with Crippen LogP contribution >= 0.6 is 0 Å². The molecule has 0 unspecified atom stereocenters. The van der Waals surface area contributed by atoms with Crippen molar-refractivity contribution < 1.29 is 14.3 Å². The molecular weight excluding hydrogens is 292 g/mol. The number of hydrogen-bond acceptors (Lipinski definition) is 3. The highest BCUT2D eigenvalue weighted by Crippen LogP contribution is 2.27. The second-order valence-corrected chi connectivity index (χ2v) is 5.38. The summed E-state index contributed by atoms with van der Waals surface area (Å²) in [6, 6.07) is 14.8. The second-order valence-electron chi connectivity index (χ2n) is 5.38. The van der Waals surface area contributed by atoms with E-state index in [1.807, 2.05) is 24.3 Å². The fourth-order valence-electron chi connectivity index (χ4n) is 2.71. The van der Waals surface area contributed by atoms with Gasteiger partial charge in [-0.05, 0) is 42.3 Å². The molecule has 23 heavy (non-hydrogen) atoms. The number of fused-ring (bicyclic) bond motifs is 1. The van der Waals surface area contributed by atoms with Crippen LogP contribution in [0, 0.1) is 0 Å². The van der Waals surface area contributed by atoms with Crippen LogP contribution in [0.2, 0.25) is 0 Å². The predicted octanol–water partition coefficient (Wildman–Crippen LogP) is 2.61. The standard InChI is InChI=1S/C18H18N2O3/c1-23-15-8-6-14(7-9-15)19-17(21)12-18(22)20-11-10-13-4-2-3-5-16(13)20/h2-9H,10-12H2,1H3,(H,19,21). The number of carbonyl (C=O) groups is 2. The first kappa shape index (κ1) is 15.1. The van der Waals surface area contributed by atoms with Gasteiger partial charge in [0.05, 0.1) is 7.11 Å². The molecule has 0 fully saturated rings. The number of rotatable bonds is 4. The number of methoxy groups -OCH3 is 1. The van der Waals surface area contributed by atoms with Crippen LogP contribution in [0.4, 0.5) is 11.4 Å². The Hall–Kier alpha value is -2.82. The summed E-state index contributed by atoms with van der Waals surface area (Å²) in [5.74, 6) is 0.221. The Balaban J connectivity index is 1.60. The zero-order valence-corrected chi connectivity index (χ0v) is 12.9. The smallest absolute Gasteiger partial charge is 0.236 e. The summed E-state index contributed by atoms with van der Waals surface area (Å²) >= 11 is 0. The highest BCUT2D eigenvalue weighted by atomic mass is 16.5. The number of para-hydroxylation sites is 1. The van der Waals surface area contributed by atoms with Gasteiger partial charge in [0.2, 0.25) is 11.8 Å². The van der Waals surface area contributed by atoms with E-state index in [4.69, 9.17) is 4.74 Å². The average molecular weight is 310 g/mol. The van der Waals surface area contributed by atoms with Crippen molar-refractivity contribution in [3.05, 3.63) is 54.1 Å². The molecule has 5 heteroatoms. The highest BCUT2D eigenvalue weighted by Gasteiger charge is 2.25. The lowest BCUT2D eigenvalue weighted by atomic mass is 10.2. The molecule has 0 atom stereocenters. The van der Waals surface area contributed by atoms with Crippen LogP contribution in [0.25, 0.3) is 0 Å². The average Bonchev–Trinajstić information content (AvgIpc) is 2.99. The van der Waals surface area contributed by atoms with Gasteiger partial charge in [0, 0.05) is 17.9 Å². The maximum Gasteiger partial charge on any atom is 0.236 e. The van der Waals surface area contributed by atoms with E-state index >= 15 is 0 Å². The van der Waals surface area contributed by atoms with Crippen molar-refractivity contribution in [2.45, 2.75) is 12.8 Å². The Morgan fingerprint density at radius 1 is 1.13 bits per heavy atom. The molecule has 3 rings (SSSR count). The third-order valence-electron chi connectivity index (χ3n) is 3.87. The van der Waals surface area contributed by atoms with Crippen LogP contribution < -0.4 is 15.0 Å². The molecule has 0 bridgehead atoms. The van der Waals surface area contributed by atoms with Crippen molar-refractivity contribution in [3.8, 4) is 5.75 Å². The third-order valence-corrected chi connectivity index (χ3v) is 3.87. The molecule has 2 amide bonds. The van der Waals surface area contributed by atoms with Gasteiger partial charge in [-0.2, -0.15) is 0 Å². The first-order valence-corrected chi connectivity index (χ1v) is 7.49. The zero-order chi connectivity index (χ0) is 16.2. The zero-order valence-electron chi connectivity index (χ0n) is 12.9. The Morgan fingerprint density at radius 3 is 2.61 bits per heavy atom. The Labute approximate surface area is 134 Å². The molecule has 0 radical (unpaired) electrons. The van der Waals surface area contributed by atoms with Crippen LogP contribution in [0.1, 0.15) is 12.0 Å². The van der Waals surface area contributed by atoms with Gasteiger partial charge in [-0.1, -0.05) is 18.2 Å². The molecule has 1 aliphatic rings. The van der Waals surface area contributed by atoms with E-state index in [1.54, 1.807) is 36.3 Å². The lowest BCUT2D eigenvalue weighted by molar-refractivity contribution is -0.125. The van der Waals surface area contributed by atoms with Crippen LogP contribution in [-0.4, -0.2) is 25.5 Å². The van der Waals surface area contributed by atoms with E-state index in [0.29, 0.717) is 18.0 Å². The Kier molecular flexibility index (Phi) is 4.28. The number of anilines is 2. The fraction of sp³-hybridized carbons (Fsp3) is 0.222. The molecule has 0 saturated carbocycles. The van der Waals surface area contributed by atoms with E-state index < -0.39 is 0 Å². The van der Waals surface area contributed by atoms with Crippen LogP contribution in [0.15, 0.2) is 48.5 Å². The lowest BCUT2D eigenvalue weighted by Gasteiger charge is -2.17. The molecule has 2 aromatic carbocycles. The summed E-state index contributed by atoms with van der Waals surface area (Å²) in [5.41, 5.74) is 2.71. The van der Waals surface area contributed by atoms with Gasteiger partial charge in [-0.3, -0.25) is 9.59 Å². The molecule has 0 spiro atoms. The summed E-state index contributed by atoms with van der Waals surface area (Å²) in [5, 5.41) is 2.73. The SMILES string of the molecule is COc1ccc(NC(=O)CC(=O)N2CCc3ccccc32)cc1. The van der Waals surface area contributed by atoms with Crippen molar-refractivity contribution in [1.29, 1.82) is 0 Å². The molecule has 1 N–H and O–H groups in total. The maximum atomic E-state index is 12.4. The van der Waals surface area contributed by atoms with E-state index in [-0.39, 0.29) is 18.2 Å². The number of nitrogens with one attached hydrogen (secondary N) is 1. The quantitative estimate of drug-likeness (QED) is 0.883. The number of nitrogens with zero attached hydrogens (tertiary/aromatic N) is 1. The van der Waals surface area contributed by atoms with Crippen LogP contribution in [-0.2, 0) is 16.0 Å². The largest absolute Gasteiger partial charge is 0.497 e. The molecule has 2 aromatic rings. The predicted molar refractivity (Wildman–Crippen MR) is 88.7 cm³/mol. The fourth-order valence-corrected chi connectivity index (χ4v) is 2.71. The van der Waals surface area contributed by atoms with Crippen molar-refractivity contribution in [3.63, 3.8) is 0 Å². The van der Waals surface area contributed by atoms with E-state index in [9.17, 15) is 9.59 Å². The van der Waals surface area contributed by atoms with E-state index in [0.717, 1.165) is 17.7 Å². The minimum Gasteiger partial charge on any atom is -0.497 e. The van der Waals surface area contributed by atoms with Gasteiger partial charge in [-0.25, -0.2) is 0 Å². The van der Waals surface area contributed by atoms with E-state index in [2.05, 4.69) is 5.32 Å². The van der Waals surface area contributed by atoms with Gasteiger partial charge in [-0.15, -0.1) is 0 Å². The molecule has 0 aliphatic carbocycles. The molecular formula is C18H18N2O3. The molecule has 0 aromatic heterocycles. The normalized spacial score (nSPS) is 12.7. The van der Waals surface area contributed by atoms with E-state index in [1.165, 1.54) is 0 Å². The van der Waals surface area contributed by atoms with Gasteiger partial charge < -0.3 is 15.0 Å². The van der Waals surface area contributed by atoms with Crippen molar-refractivity contribution in [2.75, 3.05) is 23.9 Å². The number of ether oxygens (including phenoxy) is 1. The second kappa shape index (κ2) is 6.52. The minimum atomic E-state index is -0.315. The highest BCUT2D eigenvalue weighted by molar-refractivity contribution is 6.09. The number of amides is 2. The summed E-state index contributed by atoms with van der Waals surface area (Å²) in [4.78, 5) is 26.1. The van der Waals surface area contributed by atoms with Gasteiger partial charge >= 0.3 is 0 Å². The molecule has 5 nitrogen and oxygen atoms in total. The molecule has 118 valence electrons. The van der Waals surface area contributed by atoms with Gasteiger partial charge in [0.1, 0.15) is 12.2 Å². The topological polar surface area (TPSA) is 58.6 Å². The van der Waals surface area contributed by atoms with Gasteiger partial charge in [0.25, 0.3) is 0 Å². The van der Waals surface area contributed by atoms with Crippen LogP contribution in [0.5, 0.6) is 5.75 Å². The Bertz CT molecular complexity index is 725. The summed E-state index contributed by atoms with van der Waals surface area (Å²) in [6.07, 6.45) is 0.669. The monoisotopic (exact) mass is 310 g/mol. The van der Waals surface area contributed by atoms with Gasteiger partial charge in [0.15, 0.2) is 0 Å². The first-order chi connectivity index (χ1) is 11.2.